The van der Waals surface area contributed by atoms with Crippen LogP contribution in [0.2, 0.25) is 0 Å². The lowest BCUT2D eigenvalue weighted by molar-refractivity contribution is -0.136. The number of aromatic nitrogens is 4. The Balaban J connectivity index is 1.83. The van der Waals surface area contributed by atoms with Gasteiger partial charge >= 0.3 is 5.97 Å². The van der Waals surface area contributed by atoms with Crippen LogP contribution in [0.1, 0.15) is 26.2 Å². The summed E-state index contributed by atoms with van der Waals surface area (Å²) in [4.78, 5) is 11.4. The van der Waals surface area contributed by atoms with E-state index < -0.39 is 11.2 Å². The predicted molar refractivity (Wildman–Crippen MR) is 97.3 cm³/mol. The van der Waals surface area contributed by atoms with Gasteiger partial charge < -0.3 is 10.4 Å². The van der Waals surface area contributed by atoms with Gasteiger partial charge in [-0.1, -0.05) is 31.5 Å². The lowest BCUT2D eigenvalue weighted by atomic mass is 10.2. The van der Waals surface area contributed by atoms with Crippen molar-refractivity contribution in [2.75, 3.05) is 5.32 Å². The molecule has 0 amide bonds. The number of benzene rings is 1. The number of carboxylic acids is 1. The molecule has 0 aliphatic carbocycles. The van der Waals surface area contributed by atoms with Crippen LogP contribution in [0, 0.1) is 5.82 Å². The summed E-state index contributed by atoms with van der Waals surface area (Å²) in [5.74, 6) is -0.807. The maximum atomic E-state index is 13.0. The first-order valence-corrected chi connectivity index (χ1v) is 9.09. The van der Waals surface area contributed by atoms with Gasteiger partial charge in [-0.05, 0) is 42.8 Å². The molecule has 0 radical (unpaired) electrons. The van der Waals surface area contributed by atoms with Crippen molar-refractivity contribution in [1.82, 2.24) is 19.8 Å². The zero-order valence-corrected chi connectivity index (χ0v) is 14.9. The number of hydrogen-bond acceptors (Lipinski definition) is 6. The van der Waals surface area contributed by atoms with Crippen molar-refractivity contribution in [2.24, 2.45) is 0 Å². The van der Waals surface area contributed by atoms with E-state index in [1.807, 2.05) is 6.92 Å². The number of carboxylic acid groups (broad SMARTS) is 1. The van der Waals surface area contributed by atoms with Gasteiger partial charge in [0.1, 0.15) is 16.1 Å². The van der Waals surface area contributed by atoms with Crippen LogP contribution in [0.15, 0.2) is 41.4 Å². The van der Waals surface area contributed by atoms with E-state index in [9.17, 15) is 14.3 Å². The van der Waals surface area contributed by atoms with E-state index in [2.05, 4.69) is 20.6 Å². The van der Waals surface area contributed by atoms with E-state index in [0.29, 0.717) is 28.7 Å². The molecule has 0 saturated carbocycles. The Kier molecular flexibility index (Phi) is 5.67. The summed E-state index contributed by atoms with van der Waals surface area (Å²) >= 11 is 1.21. The van der Waals surface area contributed by atoms with Gasteiger partial charge in [-0.3, -0.25) is 4.79 Å². The SMILES string of the molecule is CCCCC(Sc1ccc2nnc(Nc3ccc(F)cc3)n2n1)C(=O)O. The van der Waals surface area contributed by atoms with E-state index in [1.54, 1.807) is 24.3 Å². The zero-order chi connectivity index (χ0) is 18.5. The summed E-state index contributed by atoms with van der Waals surface area (Å²) in [6.07, 6.45) is 2.36. The second kappa shape index (κ2) is 8.13. The van der Waals surface area contributed by atoms with E-state index in [4.69, 9.17) is 0 Å². The van der Waals surface area contributed by atoms with Crippen molar-refractivity contribution in [3.05, 3.63) is 42.2 Å². The second-order valence-corrected chi connectivity index (χ2v) is 6.91. The number of hydrogen-bond donors (Lipinski definition) is 2. The Labute approximate surface area is 153 Å². The number of aliphatic carboxylic acids is 1. The first-order valence-electron chi connectivity index (χ1n) is 8.21. The molecular formula is C17H18FN5O2S. The molecule has 0 fully saturated rings. The zero-order valence-electron chi connectivity index (χ0n) is 14.1. The molecule has 26 heavy (non-hydrogen) atoms. The summed E-state index contributed by atoms with van der Waals surface area (Å²) in [6, 6.07) is 9.31. The standard InChI is InChI=1S/C17H18FN5O2S/c1-2-3-4-13(16(24)25)26-15-10-9-14-20-21-17(23(14)22-15)19-12-7-5-11(18)6-8-12/h5-10,13H,2-4H2,1H3,(H,19,21)(H,24,25). The van der Waals surface area contributed by atoms with Gasteiger partial charge in [0.25, 0.3) is 0 Å². The third kappa shape index (κ3) is 4.29. The Hall–Kier alpha value is -2.68. The van der Waals surface area contributed by atoms with Crippen LogP contribution < -0.4 is 5.32 Å². The van der Waals surface area contributed by atoms with Crippen LogP contribution in [0.3, 0.4) is 0 Å². The van der Waals surface area contributed by atoms with Crippen LogP contribution in [0.4, 0.5) is 16.0 Å². The summed E-state index contributed by atoms with van der Waals surface area (Å²) in [5, 5.41) is 24.9. The smallest absolute Gasteiger partial charge is 0.317 e. The van der Waals surface area contributed by atoms with E-state index in [-0.39, 0.29) is 5.82 Å². The highest BCUT2D eigenvalue weighted by Crippen LogP contribution is 2.26. The third-order valence-corrected chi connectivity index (χ3v) is 4.88. The van der Waals surface area contributed by atoms with E-state index >= 15 is 0 Å². The fourth-order valence-corrected chi connectivity index (χ4v) is 3.30. The molecule has 2 heterocycles. The number of anilines is 2. The van der Waals surface area contributed by atoms with Gasteiger partial charge in [0.05, 0.1) is 0 Å². The highest BCUT2D eigenvalue weighted by atomic mass is 32.2. The monoisotopic (exact) mass is 375 g/mol. The predicted octanol–water partition coefficient (Wildman–Crippen LogP) is 3.74. The number of thioether (sulfide) groups is 1. The fraction of sp³-hybridized carbons (Fsp3) is 0.294. The van der Waals surface area contributed by atoms with Crippen LogP contribution in [-0.2, 0) is 4.79 Å². The first-order chi connectivity index (χ1) is 12.6. The number of nitrogens with one attached hydrogen (secondary N) is 1. The molecule has 3 rings (SSSR count). The average molecular weight is 375 g/mol. The van der Waals surface area contributed by atoms with Crippen LogP contribution in [-0.4, -0.2) is 36.1 Å². The molecule has 2 N–H and O–H groups in total. The molecule has 3 aromatic rings. The van der Waals surface area contributed by atoms with Crippen molar-refractivity contribution < 1.29 is 14.3 Å². The molecule has 136 valence electrons. The Bertz CT molecular complexity index is 900. The Morgan fingerprint density at radius 2 is 2.04 bits per heavy atom. The van der Waals surface area contributed by atoms with Gasteiger partial charge in [-0.2, -0.15) is 9.61 Å². The Morgan fingerprint density at radius 3 is 2.73 bits per heavy atom. The van der Waals surface area contributed by atoms with Crippen molar-refractivity contribution in [3.63, 3.8) is 0 Å². The lowest BCUT2D eigenvalue weighted by Gasteiger charge is -2.11. The highest BCUT2D eigenvalue weighted by Gasteiger charge is 2.20. The van der Waals surface area contributed by atoms with Gasteiger partial charge in [0.2, 0.25) is 5.95 Å². The molecule has 9 heteroatoms. The van der Waals surface area contributed by atoms with Crippen molar-refractivity contribution in [1.29, 1.82) is 0 Å². The molecule has 0 aliphatic heterocycles. The largest absolute Gasteiger partial charge is 0.480 e. The highest BCUT2D eigenvalue weighted by molar-refractivity contribution is 8.00. The second-order valence-electron chi connectivity index (χ2n) is 5.68. The number of unbranched alkanes of at least 4 members (excludes halogenated alkanes) is 1. The summed E-state index contributed by atoms with van der Waals surface area (Å²) in [7, 11) is 0. The van der Waals surface area contributed by atoms with Crippen molar-refractivity contribution in [3.8, 4) is 0 Å². The van der Waals surface area contributed by atoms with E-state index in [1.165, 1.54) is 28.4 Å². The van der Waals surface area contributed by atoms with Crippen LogP contribution in [0.25, 0.3) is 5.65 Å². The molecule has 0 bridgehead atoms. The lowest BCUT2D eigenvalue weighted by Crippen LogP contribution is -2.16. The minimum atomic E-state index is -0.848. The number of halogens is 1. The minimum absolute atomic E-state index is 0.328. The maximum Gasteiger partial charge on any atom is 0.317 e. The molecule has 0 aliphatic rings. The number of nitrogens with zero attached hydrogens (tertiary/aromatic N) is 4. The first kappa shape index (κ1) is 18.1. The molecule has 1 atom stereocenters. The van der Waals surface area contributed by atoms with Crippen LogP contribution >= 0.6 is 11.8 Å². The van der Waals surface area contributed by atoms with Crippen LogP contribution in [0.5, 0.6) is 0 Å². The molecule has 0 saturated heterocycles. The number of carbonyl (C=O) groups is 1. The van der Waals surface area contributed by atoms with Crippen molar-refractivity contribution in [2.45, 2.75) is 36.5 Å². The van der Waals surface area contributed by atoms with Gasteiger partial charge in [0, 0.05) is 5.69 Å². The molecule has 1 unspecified atom stereocenters. The molecular weight excluding hydrogens is 357 g/mol. The normalized spacial score (nSPS) is 12.2. The fourth-order valence-electron chi connectivity index (χ4n) is 2.34. The maximum absolute atomic E-state index is 13.0. The van der Waals surface area contributed by atoms with Gasteiger partial charge in [-0.25, -0.2) is 4.39 Å². The summed E-state index contributed by atoms with van der Waals surface area (Å²) in [5.41, 5.74) is 1.17. The van der Waals surface area contributed by atoms with E-state index in [0.717, 1.165) is 12.8 Å². The quantitative estimate of drug-likeness (QED) is 0.579. The van der Waals surface area contributed by atoms with Gasteiger partial charge in [0.15, 0.2) is 5.65 Å². The number of rotatable bonds is 8. The van der Waals surface area contributed by atoms with Gasteiger partial charge in [-0.15, -0.1) is 10.2 Å². The minimum Gasteiger partial charge on any atom is -0.480 e. The van der Waals surface area contributed by atoms with Crippen molar-refractivity contribution >= 4 is 35.0 Å². The topological polar surface area (TPSA) is 92.4 Å². The molecule has 0 spiro atoms. The Morgan fingerprint density at radius 1 is 1.27 bits per heavy atom. The summed E-state index contributed by atoms with van der Waals surface area (Å²) in [6.45, 7) is 2.03. The molecule has 2 aromatic heterocycles. The summed E-state index contributed by atoms with van der Waals surface area (Å²) < 4.78 is 14.5. The number of fused-ring (bicyclic) bond motifs is 1. The third-order valence-electron chi connectivity index (χ3n) is 3.70. The average Bonchev–Trinajstić information content (AvgIpc) is 3.02. The molecule has 1 aromatic carbocycles. The molecule has 7 nitrogen and oxygen atoms in total.